The normalized spacial score (nSPS) is 11.1. The number of carbonyl (C=O) groups is 3. The van der Waals surface area contributed by atoms with Crippen molar-refractivity contribution in [2.75, 3.05) is 12.4 Å². The molecule has 0 aromatic heterocycles. The van der Waals surface area contributed by atoms with E-state index in [0.29, 0.717) is 11.4 Å². The van der Waals surface area contributed by atoms with E-state index >= 15 is 0 Å². The zero-order chi connectivity index (χ0) is 27.9. The Hall–Kier alpha value is -5.06. The summed E-state index contributed by atoms with van der Waals surface area (Å²) in [5.74, 6) is -0.853. The highest BCUT2D eigenvalue weighted by atomic mass is 16.6. The van der Waals surface area contributed by atoms with Crippen LogP contribution in [0.1, 0.15) is 47.1 Å². The molecule has 0 aliphatic carbocycles. The molecular formula is C27H26N4O7. The molecule has 3 aromatic rings. The van der Waals surface area contributed by atoms with Gasteiger partial charge in [0.1, 0.15) is 11.5 Å². The van der Waals surface area contributed by atoms with Crippen LogP contribution < -0.4 is 20.2 Å². The molecule has 0 saturated carbocycles. The summed E-state index contributed by atoms with van der Waals surface area (Å²) in [7, 11) is 1.50. The summed E-state index contributed by atoms with van der Waals surface area (Å²) in [5, 5.41) is 17.9. The fourth-order valence-corrected chi connectivity index (χ4v) is 2.98. The average molecular weight is 519 g/mol. The summed E-state index contributed by atoms with van der Waals surface area (Å²) >= 11 is 0. The Bertz CT molecular complexity index is 1380. The number of carbonyl (C=O) groups excluding carboxylic acids is 3. The molecule has 0 aliphatic rings. The number of hydrogen-bond acceptors (Lipinski definition) is 8. The zero-order valence-electron chi connectivity index (χ0n) is 21.2. The van der Waals surface area contributed by atoms with Crippen LogP contribution in [0.4, 0.5) is 11.4 Å². The van der Waals surface area contributed by atoms with Gasteiger partial charge in [-0.2, -0.15) is 5.10 Å². The molecule has 0 fully saturated rings. The molecule has 0 aliphatic heterocycles. The number of anilines is 1. The Morgan fingerprint density at radius 1 is 0.947 bits per heavy atom. The quantitative estimate of drug-likeness (QED) is 0.146. The topological polar surface area (TPSA) is 149 Å². The Balaban J connectivity index is 1.72. The number of amides is 2. The number of nitrogens with one attached hydrogen (secondary N) is 2. The number of nitro groups is 1. The van der Waals surface area contributed by atoms with Gasteiger partial charge in [0, 0.05) is 34.4 Å². The second kappa shape index (κ2) is 11.8. The molecule has 0 atom stereocenters. The molecule has 0 spiro atoms. The number of nitro benzene ring substituents is 1. The first-order valence-corrected chi connectivity index (χ1v) is 11.4. The lowest BCUT2D eigenvalue weighted by molar-refractivity contribution is -0.384. The third-order valence-corrected chi connectivity index (χ3v) is 5.19. The average Bonchev–Trinajstić information content (AvgIpc) is 2.89. The molecule has 3 aromatic carbocycles. The standard InChI is InChI=1S/C27H26N4O7/c1-27(2,3)26(34)29-20-9-5-17(6-10-20)24(32)30-28-16-19-15-21(31(35)36)11-14-23(19)38-25(33)18-7-12-22(37-4)13-8-18/h5-16H,1-4H3,(H,29,34)(H,30,32)/b28-16+. The van der Waals surface area contributed by atoms with E-state index in [1.54, 1.807) is 45.0 Å². The van der Waals surface area contributed by atoms with Gasteiger partial charge >= 0.3 is 5.97 Å². The van der Waals surface area contributed by atoms with Crippen molar-refractivity contribution in [1.82, 2.24) is 5.43 Å². The van der Waals surface area contributed by atoms with Gasteiger partial charge in [-0.3, -0.25) is 19.7 Å². The van der Waals surface area contributed by atoms with Crippen LogP contribution in [-0.4, -0.2) is 36.0 Å². The fourth-order valence-electron chi connectivity index (χ4n) is 2.98. The predicted octanol–water partition coefficient (Wildman–Crippen LogP) is 4.57. The van der Waals surface area contributed by atoms with E-state index in [1.807, 2.05) is 0 Å². The Kier molecular flexibility index (Phi) is 8.54. The summed E-state index contributed by atoms with van der Waals surface area (Å²) < 4.78 is 10.5. The molecule has 2 amide bonds. The van der Waals surface area contributed by atoms with Crippen molar-refractivity contribution in [2.45, 2.75) is 20.8 Å². The summed E-state index contributed by atoms with van der Waals surface area (Å²) in [6.07, 6.45) is 1.14. The number of hydrogen-bond donors (Lipinski definition) is 2. The maximum absolute atomic E-state index is 12.6. The van der Waals surface area contributed by atoms with E-state index in [1.165, 1.54) is 49.6 Å². The second-order valence-electron chi connectivity index (χ2n) is 9.08. The van der Waals surface area contributed by atoms with Crippen molar-refractivity contribution in [3.05, 3.63) is 93.5 Å². The number of esters is 1. The van der Waals surface area contributed by atoms with Crippen molar-refractivity contribution < 1.29 is 28.8 Å². The van der Waals surface area contributed by atoms with Crippen LogP contribution >= 0.6 is 0 Å². The van der Waals surface area contributed by atoms with Gasteiger partial charge in [-0.15, -0.1) is 0 Å². The third-order valence-electron chi connectivity index (χ3n) is 5.19. The minimum Gasteiger partial charge on any atom is -0.497 e. The van der Waals surface area contributed by atoms with Crippen LogP contribution in [0, 0.1) is 15.5 Å². The number of benzene rings is 3. The van der Waals surface area contributed by atoms with E-state index < -0.39 is 22.2 Å². The van der Waals surface area contributed by atoms with Gasteiger partial charge in [0.2, 0.25) is 5.91 Å². The largest absolute Gasteiger partial charge is 0.497 e. The first-order valence-electron chi connectivity index (χ1n) is 11.4. The monoisotopic (exact) mass is 518 g/mol. The molecule has 0 unspecified atom stereocenters. The second-order valence-corrected chi connectivity index (χ2v) is 9.08. The highest BCUT2D eigenvalue weighted by molar-refractivity contribution is 5.98. The van der Waals surface area contributed by atoms with Crippen LogP contribution in [0.25, 0.3) is 0 Å². The van der Waals surface area contributed by atoms with Gasteiger partial charge in [0.15, 0.2) is 0 Å². The van der Waals surface area contributed by atoms with E-state index in [2.05, 4.69) is 15.8 Å². The minimum atomic E-state index is -0.696. The molecular weight excluding hydrogens is 492 g/mol. The van der Waals surface area contributed by atoms with Crippen molar-refractivity contribution in [1.29, 1.82) is 0 Å². The molecule has 196 valence electrons. The van der Waals surface area contributed by atoms with Crippen molar-refractivity contribution in [2.24, 2.45) is 10.5 Å². The first kappa shape index (κ1) is 27.5. The van der Waals surface area contributed by atoms with E-state index in [4.69, 9.17) is 9.47 Å². The molecule has 11 nitrogen and oxygen atoms in total. The third kappa shape index (κ3) is 7.23. The molecule has 38 heavy (non-hydrogen) atoms. The number of ether oxygens (including phenoxy) is 2. The van der Waals surface area contributed by atoms with Crippen molar-refractivity contribution >= 4 is 35.4 Å². The summed E-state index contributed by atoms with van der Waals surface area (Å²) in [6, 6.07) is 16.0. The molecule has 2 N–H and O–H groups in total. The Labute approximate surface area is 218 Å². The van der Waals surface area contributed by atoms with Crippen LogP contribution in [0.5, 0.6) is 11.5 Å². The van der Waals surface area contributed by atoms with Gasteiger partial charge in [-0.25, -0.2) is 10.2 Å². The van der Waals surface area contributed by atoms with Crippen LogP contribution in [0.3, 0.4) is 0 Å². The van der Waals surface area contributed by atoms with Gasteiger partial charge in [-0.1, -0.05) is 20.8 Å². The lowest BCUT2D eigenvalue weighted by Gasteiger charge is -2.17. The Morgan fingerprint density at radius 2 is 1.58 bits per heavy atom. The number of rotatable bonds is 8. The maximum Gasteiger partial charge on any atom is 0.343 e. The van der Waals surface area contributed by atoms with Crippen molar-refractivity contribution in [3.63, 3.8) is 0 Å². The van der Waals surface area contributed by atoms with Crippen molar-refractivity contribution in [3.8, 4) is 11.5 Å². The maximum atomic E-state index is 12.6. The lowest BCUT2D eigenvalue weighted by Crippen LogP contribution is -2.27. The van der Waals surface area contributed by atoms with E-state index in [9.17, 15) is 24.5 Å². The molecule has 3 rings (SSSR count). The minimum absolute atomic E-state index is 0.00774. The highest BCUT2D eigenvalue weighted by Crippen LogP contribution is 2.24. The lowest BCUT2D eigenvalue weighted by atomic mass is 9.95. The van der Waals surface area contributed by atoms with Gasteiger partial charge in [0.25, 0.3) is 11.6 Å². The highest BCUT2D eigenvalue weighted by Gasteiger charge is 2.21. The van der Waals surface area contributed by atoms with Crippen LogP contribution in [-0.2, 0) is 4.79 Å². The van der Waals surface area contributed by atoms with Gasteiger partial charge < -0.3 is 14.8 Å². The number of hydrazone groups is 1. The molecule has 11 heteroatoms. The summed E-state index contributed by atoms with van der Waals surface area (Å²) in [5.41, 5.74) is 2.63. The van der Waals surface area contributed by atoms with E-state index in [0.717, 1.165) is 6.21 Å². The molecule has 0 saturated heterocycles. The van der Waals surface area contributed by atoms with Crippen LogP contribution in [0.15, 0.2) is 71.8 Å². The van der Waals surface area contributed by atoms with E-state index in [-0.39, 0.29) is 34.0 Å². The zero-order valence-corrected chi connectivity index (χ0v) is 21.2. The molecule has 0 bridgehead atoms. The smallest absolute Gasteiger partial charge is 0.343 e. The predicted molar refractivity (Wildman–Crippen MR) is 141 cm³/mol. The summed E-state index contributed by atoms with van der Waals surface area (Å²) in [4.78, 5) is 47.8. The van der Waals surface area contributed by atoms with Gasteiger partial charge in [-0.05, 0) is 54.6 Å². The number of methoxy groups -OCH3 is 1. The molecule has 0 heterocycles. The fraction of sp³-hybridized carbons (Fsp3) is 0.185. The first-order chi connectivity index (χ1) is 18.0. The molecule has 0 radical (unpaired) electrons. The number of non-ortho nitro benzene ring substituents is 1. The van der Waals surface area contributed by atoms with Crippen LogP contribution in [0.2, 0.25) is 0 Å². The summed E-state index contributed by atoms with van der Waals surface area (Å²) in [6.45, 7) is 5.36. The Morgan fingerprint density at radius 3 is 2.16 bits per heavy atom. The SMILES string of the molecule is COc1ccc(C(=O)Oc2ccc([N+](=O)[O-])cc2/C=N/NC(=O)c2ccc(NC(=O)C(C)(C)C)cc2)cc1. The van der Waals surface area contributed by atoms with Gasteiger partial charge in [0.05, 0.1) is 23.8 Å². The number of nitrogens with zero attached hydrogens (tertiary/aromatic N) is 2.